The van der Waals surface area contributed by atoms with Gasteiger partial charge in [0.25, 0.3) is 0 Å². The van der Waals surface area contributed by atoms with E-state index in [0.717, 1.165) is 38.0 Å². The second-order valence-electron chi connectivity index (χ2n) is 6.45. The Morgan fingerprint density at radius 3 is 2.52 bits per heavy atom. The van der Waals surface area contributed by atoms with Crippen LogP contribution in [0.2, 0.25) is 0 Å². The van der Waals surface area contributed by atoms with Crippen molar-refractivity contribution < 1.29 is 14.3 Å². The standard InChI is InChI=1S/C19H25NO3/c1-13-4-5-14(2)20(13)17-11-16(18(12-17)19(21)22-3)10-15-6-8-23-9-7-15/h4-5,10,12,16-17H,6-9,11H2,1-3H3/t16-,17-/m1/s1. The first kappa shape index (κ1) is 16.1. The van der Waals surface area contributed by atoms with Crippen LogP contribution in [0.1, 0.15) is 36.7 Å². The van der Waals surface area contributed by atoms with E-state index in [0.29, 0.717) is 0 Å². The van der Waals surface area contributed by atoms with Crippen LogP contribution in [-0.2, 0) is 14.3 Å². The second-order valence-corrected chi connectivity index (χ2v) is 6.45. The highest BCUT2D eigenvalue weighted by Gasteiger charge is 2.32. The number of carbonyl (C=O) groups is 1. The highest BCUT2D eigenvalue weighted by Crippen LogP contribution is 2.38. The molecule has 1 aromatic heterocycles. The number of esters is 1. The number of hydrogen-bond acceptors (Lipinski definition) is 3. The fourth-order valence-electron chi connectivity index (χ4n) is 3.75. The third kappa shape index (κ3) is 3.27. The minimum Gasteiger partial charge on any atom is -0.466 e. The van der Waals surface area contributed by atoms with Crippen LogP contribution in [0.3, 0.4) is 0 Å². The first-order valence-electron chi connectivity index (χ1n) is 8.32. The number of allylic oxidation sites excluding steroid dienone is 2. The topological polar surface area (TPSA) is 40.5 Å². The van der Waals surface area contributed by atoms with Gasteiger partial charge >= 0.3 is 5.97 Å². The zero-order valence-electron chi connectivity index (χ0n) is 14.2. The van der Waals surface area contributed by atoms with Gasteiger partial charge in [0.2, 0.25) is 0 Å². The molecule has 0 spiro atoms. The zero-order chi connectivity index (χ0) is 16.4. The summed E-state index contributed by atoms with van der Waals surface area (Å²) < 4.78 is 12.7. The van der Waals surface area contributed by atoms with E-state index in [1.807, 2.05) is 0 Å². The van der Waals surface area contributed by atoms with E-state index in [4.69, 9.17) is 9.47 Å². The Morgan fingerprint density at radius 1 is 1.26 bits per heavy atom. The molecule has 0 unspecified atom stereocenters. The molecule has 2 atom stereocenters. The molecule has 0 bridgehead atoms. The molecule has 0 saturated carbocycles. The van der Waals surface area contributed by atoms with E-state index in [2.05, 4.69) is 42.7 Å². The van der Waals surface area contributed by atoms with Gasteiger partial charge in [-0.25, -0.2) is 4.79 Å². The molecular weight excluding hydrogens is 290 g/mol. The molecule has 3 rings (SSSR count). The molecule has 0 aromatic carbocycles. The number of rotatable bonds is 3. The normalized spacial score (nSPS) is 24.5. The molecule has 2 aliphatic rings. The molecular formula is C19H25NO3. The first-order valence-corrected chi connectivity index (χ1v) is 8.32. The van der Waals surface area contributed by atoms with Crippen molar-refractivity contribution in [2.45, 2.75) is 39.2 Å². The zero-order valence-corrected chi connectivity index (χ0v) is 14.2. The fraction of sp³-hybridized carbons (Fsp3) is 0.526. The van der Waals surface area contributed by atoms with E-state index in [1.54, 1.807) is 0 Å². The SMILES string of the molecule is COC(=O)C1=C[C@H](n2c(C)ccc2C)C[C@H]1C=C1CCOCC1. The predicted molar refractivity (Wildman–Crippen MR) is 89.3 cm³/mol. The Hall–Kier alpha value is -1.81. The van der Waals surface area contributed by atoms with Gasteiger partial charge in [0.15, 0.2) is 0 Å². The van der Waals surface area contributed by atoms with Gasteiger partial charge in [0, 0.05) is 22.9 Å². The highest BCUT2D eigenvalue weighted by molar-refractivity contribution is 5.90. The largest absolute Gasteiger partial charge is 0.466 e. The lowest BCUT2D eigenvalue weighted by Crippen LogP contribution is -2.13. The van der Waals surface area contributed by atoms with Crippen molar-refractivity contribution in [2.75, 3.05) is 20.3 Å². The molecule has 1 fully saturated rings. The minimum absolute atomic E-state index is 0.141. The Labute approximate surface area is 137 Å². The summed E-state index contributed by atoms with van der Waals surface area (Å²) in [4.78, 5) is 12.2. The summed E-state index contributed by atoms with van der Waals surface area (Å²) in [5.41, 5.74) is 4.65. The summed E-state index contributed by atoms with van der Waals surface area (Å²) >= 11 is 0. The van der Waals surface area contributed by atoms with Crippen LogP contribution in [0.25, 0.3) is 0 Å². The molecule has 1 aromatic rings. The van der Waals surface area contributed by atoms with Crippen LogP contribution in [0.4, 0.5) is 0 Å². The van der Waals surface area contributed by atoms with Gasteiger partial charge in [-0.3, -0.25) is 0 Å². The Kier molecular flexibility index (Phi) is 4.71. The summed E-state index contributed by atoms with van der Waals surface area (Å²) in [5.74, 6) is -0.0642. The van der Waals surface area contributed by atoms with Gasteiger partial charge in [-0.1, -0.05) is 17.7 Å². The van der Waals surface area contributed by atoms with Gasteiger partial charge in [-0.15, -0.1) is 0 Å². The number of ether oxygens (including phenoxy) is 2. The molecule has 4 heteroatoms. The van der Waals surface area contributed by atoms with Crippen LogP contribution in [0.5, 0.6) is 0 Å². The van der Waals surface area contributed by atoms with E-state index in [1.165, 1.54) is 24.1 Å². The molecule has 4 nitrogen and oxygen atoms in total. The fourth-order valence-corrected chi connectivity index (χ4v) is 3.75. The maximum atomic E-state index is 12.2. The summed E-state index contributed by atoms with van der Waals surface area (Å²) in [7, 11) is 1.46. The Bertz CT molecular complexity index is 626. The van der Waals surface area contributed by atoms with Crippen molar-refractivity contribution >= 4 is 5.97 Å². The molecule has 23 heavy (non-hydrogen) atoms. The van der Waals surface area contributed by atoms with Gasteiger partial charge in [0.05, 0.1) is 26.4 Å². The molecule has 0 N–H and O–H groups in total. The van der Waals surface area contributed by atoms with E-state index < -0.39 is 0 Å². The highest BCUT2D eigenvalue weighted by atomic mass is 16.5. The molecule has 1 saturated heterocycles. The number of aryl methyl sites for hydroxylation is 2. The van der Waals surface area contributed by atoms with Crippen LogP contribution in [-0.4, -0.2) is 30.9 Å². The smallest absolute Gasteiger partial charge is 0.334 e. The number of carbonyl (C=O) groups excluding carboxylic acids is 1. The van der Waals surface area contributed by atoms with E-state index in [9.17, 15) is 4.79 Å². The van der Waals surface area contributed by atoms with Gasteiger partial charge in [0.1, 0.15) is 0 Å². The minimum atomic E-state index is -0.205. The average molecular weight is 315 g/mol. The quantitative estimate of drug-likeness (QED) is 0.633. The van der Waals surface area contributed by atoms with Crippen LogP contribution < -0.4 is 0 Å². The summed E-state index contributed by atoms with van der Waals surface area (Å²) in [5, 5.41) is 0. The number of aromatic nitrogens is 1. The molecule has 1 aliphatic heterocycles. The Morgan fingerprint density at radius 2 is 1.91 bits per heavy atom. The van der Waals surface area contributed by atoms with Crippen LogP contribution in [0.15, 0.2) is 35.4 Å². The van der Waals surface area contributed by atoms with Gasteiger partial charge in [-0.05, 0) is 45.2 Å². The third-order valence-corrected chi connectivity index (χ3v) is 4.92. The molecule has 124 valence electrons. The van der Waals surface area contributed by atoms with Gasteiger partial charge < -0.3 is 14.0 Å². The van der Waals surface area contributed by atoms with Crippen molar-refractivity contribution in [1.82, 2.24) is 4.57 Å². The second kappa shape index (κ2) is 6.75. The van der Waals surface area contributed by atoms with Crippen molar-refractivity contribution in [1.29, 1.82) is 0 Å². The average Bonchev–Trinajstić information content (AvgIpc) is 3.11. The molecule has 0 amide bonds. The predicted octanol–water partition coefficient (Wildman–Crippen LogP) is 3.50. The molecule has 0 radical (unpaired) electrons. The maximum Gasteiger partial charge on any atom is 0.334 e. The summed E-state index contributed by atoms with van der Waals surface area (Å²) in [6.07, 6.45) is 7.23. The molecule has 1 aliphatic carbocycles. The summed E-state index contributed by atoms with van der Waals surface area (Å²) in [6.45, 7) is 5.80. The lowest BCUT2D eigenvalue weighted by atomic mass is 9.95. The van der Waals surface area contributed by atoms with Crippen molar-refractivity contribution in [3.05, 3.63) is 46.8 Å². The Balaban J connectivity index is 1.89. The number of nitrogens with zero attached hydrogens (tertiary/aromatic N) is 1. The van der Waals surface area contributed by atoms with Crippen molar-refractivity contribution in [3.63, 3.8) is 0 Å². The number of hydrogen-bond donors (Lipinski definition) is 0. The number of methoxy groups -OCH3 is 1. The van der Waals surface area contributed by atoms with Crippen LogP contribution >= 0.6 is 0 Å². The monoisotopic (exact) mass is 315 g/mol. The lowest BCUT2D eigenvalue weighted by Gasteiger charge is -2.19. The van der Waals surface area contributed by atoms with E-state index >= 15 is 0 Å². The van der Waals surface area contributed by atoms with Crippen LogP contribution in [0, 0.1) is 19.8 Å². The van der Waals surface area contributed by atoms with Gasteiger partial charge in [-0.2, -0.15) is 0 Å². The maximum absolute atomic E-state index is 12.2. The lowest BCUT2D eigenvalue weighted by molar-refractivity contribution is -0.136. The van der Waals surface area contributed by atoms with Crippen molar-refractivity contribution in [2.24, 2.45) is 5.92 Å². The molecule has 2 heterocycles. The van der Waals surface area contributed by atoms with E-state index in [-0.39, 0.29) is 17.9 Å². The van der Waals surface area contributed by atoms with Crippen molar-refractivity contribution in [3.8, 4) is 0 Å². The third-order valence-electron chi connectivity index (χ3n) is 4.92. The first-order chi connectivity index (χ1) is 11.1. The summed E-state index contributed by atoms with van der Waals surface area (Å²) in [6, 6.07) is 4.48.